The maximum atomic E-state index is 12.8. The van der Waals surface area contributed by atoms with Gasteiger partial charge >= 0.3 is 0 Å². The van der Waals surface area contributed by atoms with Crippen molar-refractivity contribution in [3.8, 4) is 11.5 Å². The van der Waals surface area contributed by atoms with Gasteiger partial charge < -0.3 is 9.47 Å². The normalized spacial score (nSPS) is 16.7. The third kappa shape index (κ3) is 4.93. The number of methoxy groups -OCH3 is 2. The van der Waals surface area contributed by atoms with Crippen LogP contribution in [-0.4, -0.2) is 53.2 Å². The van der Waals surface area contributed by atoms with Gasteiger partial charge in [-0.3, -0.25) is 4.72 Å². The molecule has 1 N–H and O–H groups in total. The molecule has 0 aliphatic carbocycles. The molecular formula is C20H25N3O6S2. The molecule has 0 bridgehead atoms. The van der Waals surface area contributed by atoms with Crippen LogP contribution in [0.25, 0.3) is 0 Å². The number of hydrogen-bond acceptors (Lipinski definition) is 7. The molecule has 168 valence electrons. The summed E-state index contributed by atoms with van der Waals surface area (Å²) >= 11 is 0. The van der Waals surface area contributed by atoms with E-state index in [2.05, 4.69) is 9.82 Å². The van der Waals surface area contributed by atoms with Crippen molar-refractivity contribution in [2.75, 3.05) is 31.0 Å². The van der Waals surface area contributed by atoms with E-state index < -0.39 is 26.1 Å². The van der Waals surface area contributed by atoms with E-state index in [1.165, 1.54) is 14.2 Å². The number of benzene rings is 2. The standard InChI is InChI=1S/C20H25N3O6S2/c1-5-31(26,27)23-18(16-7-6-8-19(28-2)20(16)29-3)13-17(21-23)14-9-11-15(12-10-14)22-30(4,24)25/h6-12,18,22H,5,13H2,1-4H3/t18-/m0/s1. The molecule has 1 heterocycles. The minimum Gasteiger partial charge on any atom is -0.493 e. The average Bonchev–Trinajstić information content (AvgIpc) is 3.18. The summed E-state index contributed by atoms with van der Waals surface area (Å²) in [5.74, 6) is 0.845. The number of hydrazone groups is 1. The van der Waals surface area contributed by atoms with Gasteiger partial charge in [-0.05, 0) is 30.7 Å². The van der Waals surface area contributed by atoms with Crippen LogP contribution in [0.3, 0.4) is 0 Å². The van der Waals surface area contributed by atoms with Gasteiger partial charge in [-0.15, -0.1) is 0 Å². The van der Waals surface area contributed by atoms with Crippen molar-refractivity contribution in [2.24, 2.45) is 5.10 Å². The topological polar surface area (TPSA) is 114 Å². The van der Waals surface area contributed by atoms with Gasteiger partial charge in [0.2, 0.25) is 20.0 Å². The molecule has 0 amide bonds. The number of ether oxygens (including phenoxy) is 2. The van der Waals surface area contributed by atoms with Gasteiger partial charge in [0, 0.05) is 17.7 Å². The second kappa shape index (κ2) is 8.75. The summed E-state index contributed by atoms with van der Waals surface area (Å²) in [6.45, 7) is 1.56. The molecule has 0 saturated heterocycles. The van der Waals surface area contributed by atoms with Crippen molar-refractivity contribution in [2.45, 2.75) is 19.4 Å². The van der Waals surface area contributed by atoms with Gasteiger partial charge in [0.25, 0.3) is 0 Å². The third-order valence-electron chi connectivity index (χ3n) is 4.84. The van der Waals surface area contributed by atoms with Gasteiger partial charge in [-0.25, -0.2) is 16.8 Å². The van der Waals surface area contributed by atoms with E-state index in [9.17, 15) is 16.8 Å². The van der Waals surface area contributed by atoms with Crippen LogP contribution in [0.15, 0.2) is 47.6 Å². The molecule has 1 atom stereocenters. The van der Waals surface area contributed by atoms with Crippen molar-refractivity contribution in [1.29, 1.82) is 0 Å². The zero-order chi connectivity index (χ0) is 22.8. The molecule has 0 fully saturated rings. The summed E-state index contributed by atoms with van der Waals surface area (Å²) in [7, 11) is -4.03. The Balaban J connectivity index is 2.02. The highest BCUT2D eigenvalue weighted by Crippen LogP contribution is 2.42. The van der Waals surface area contributed by atoms with Crippen molar-refractivity contribution in [1.82, 2.24) is 4.41 Å². The zero-order valence-electron chi connectivity index (χ0n) is 17.7. The lowest BCUT2D eigenvalue weighted by Gasteiger charge is -2.24. The van der Waals surface area contributed by atoms with Crippen molar-refractivity contribution < 1.29 is 26.3 Å². The molecule has 1 aliphatic rings. The van der Waals surface area contributed by atoms with E-state index in [-0.39, 0.29) is 5.75 Å². The lowest BCUT2D eigenvalue weighted by Crippen LogP contribution is -2.28. The molecule has 9 nitrogen and oxygen atoms in total. The first-order valence-corrected chi connectivity index (χ1v) is 13.0. The average molecular weight is 468 g/mol. The number of para-hydroxylation sites is 1. The first-order valence-electron chi connectivity index (χ1n) is 9.48. The van der Waals surface area contributed by atoms with E-state index in [1.807, 2.05) is 0 Å². The van der Waals surface area contributed by atoms with Crippen molar-refractivity contribution in [3.63, 3.8) is 0 Å². The molecule has 0 radical (unpaired) electrons. The van der Waals surface area contributed by atoms with Gasteiger partial charge in [0.15, 0.2) is 11.5 Å². The van der Waals surface area contributed by atoms with Crippen LogP contribution in [0.5, 0.6) is 11.5 Å². The van der Waals surface area contributed by atoms with Crippen LogP contribution in [0.1, 0.15) is 30.5 Å². The molecule has 1 aliphatic heterocycles. The van der Waals surface area contributed by atoms with Crippen LogP contribution in [0.4, 0.5) is 5.69 Å². The number of nitrogens with zero attached hydrogens (tertiary/aromatic N) is 2. The molecule has 0 unspecified atom stereocenters. The highest BCUT2D eigenvalue weighted by atomic mass is 32.2. The van der Waals surface area contributed by atoms with E-state index >= 15 is 0 Å². The van der Waals surface area contributed by atoms with Crippen molar-refractivity contribution >= 4 is 31.4 Å². The first kappa shape index (κ1) is 22.9. The third-order valence-corrected chi connectivity index (χ3v) is 7.08. The summed E-state index contributed by atoms with van der Waals surface area (Å²) in [5.41, 5.74) is 2.32. The molecule has 31 heavy (non-hydrogen) atoms. The number of nitrogens with one attached hydrogen (secondary N) is 1. The summed E-state index contributed by atoms with van der Waals surface area (Å²) in [4.78, 5) is 0. The zero-order valence-corrected chi connectivity index (χ0v) is 19.3. The van der Waals surface area contributed by atoms with Crippen LogP contribution in [0, 0.1) is 0 Å². The quantitative estimate of drug-likeness (QED) is 0.638. The monoisotopic (exact) mass is 467 g/mol. The Labute approximate surface area is 182 Å². The minimum absolute atomic E-state index is 0.107. The second-order valence-electron chi connectivity index (χ2n) is 6.97. The molecule has 2 aromatic rings. The Morgan fingerprint density at radius 1 is 1.06 bits per heavy atom. The predicted molar refractivity (Wildman–Crippen MR) is 120 cm³/mol. The molecule has 2 aromatic carbocycles. The van der Waals surface area contributed by atoms with E-state index in [0.29, 0.717) is 40.4 Å². The fourth-order valence-corrected chi connectivity index (χ4v) is 5.03. The molecular weight excluding hydrogens is 442 g/mol. The Kier molecular flexibility index (Phi) is 6.46. The Morgan fingerprint density at radius 2 is 1.74 bits per heavy atom. The van der Waals surface area contributed by atoms with Gasteiger partial charge in [-0.2, -0.15) is 9.52 Å². The smallest absolute Gasteiger partial charge is 0.250 e. The first-order chi connectivity index (χ1) is 14.6. The second-order valence-corrected chi connectivity index (χ2v) is 10.8. The number of rotatable bonds is 8. The maximum Gasteiger partial charge on any atom is 0.250 e. The lowest BCUT2D eigenvalue weighted by atomic mass is 9.98. The highest BCUT2D eigenvalue weighted by molar-refractivity contribution is 7.92. The number of sulfonamides is 2. The van der Waals surface area contributed by atoms with Crippen molar-refractivity contribution in [3.05, 3.63) is 53.6 Å². The van der Waals surface area contributed by atoms with Crippen LogP contribution >= 0.6 is 0 Å². The molecule has 0 saturated carbocycles. The number of hydrogen-bond donors (Lipinski definition) is 1. The largest absolute Gasteiger partial charge is 0.493 e. The molecule has 3 rings (SSSR count). The predicted octanol–water partition coefficient (Wildman–Crippen LogP) is 2.58. The van der Waals surface area contributed by atoms with E-state index in [4.69, 9.17) is 9.47 Å². The van der Waals surface area contributed by atoms with Gasteiger partial charge in [0.05, 0.1) is 38.0 Å². The van der Waals surface area contributed by atoms with Gasteiger partial charge in [-0.1, -0.05) is 24.3 Å². The van der Waals surface area contributed by atoms with Crippen LogP contribution in [0.2, 0.25) is 0 Å². The van der Waals surface area contributed by atoms with E-state index in [0.717, 1.165) is 10.7 Å². The Morgan fingerprint density at radius 3 is 2.29 bits per heavy atom. The summed E-state index contributed by atoms with van der Waals surface area (Å²) in [5, 5.41) is 4.42. The fraction of sp³-hybridized carbons (Fsp3) is 0.350. The Hall–Kier alpha value is -2.79. The fourth-order valence-electron chi connectivity index (χ4n) is 3.40. The molecule has 11 heteroatoms. The molecule has 0 spiro atoms. The van der Waals surface area contributed by atoms with E-state index in [1.54, 1.807) is 49.4 Å². The van der Waals surface area contributed by atoms with Crippen LogP contribution < -0.4 is 14.2 Å². The molecule has 0 aromatic heterocycles. The van der Waals surface area contributed by atoms with Crippen LogP contribution in [-0.2, 0) is 20.0 Å². The maximum absolute atomic E-state index is 12.8. The number of anilines is 1. The minimum atomic E-state index is -3.66. The van der Waals surface area contributed by atoms with Gasteiger partial charge in [0.1, 0.15) is 0 Å². The summed E-state index contributed by atoms with van der Waals surface area (Å²) in [6.07, 6.45) is 1.39. The summed E-state index contributed by atoms with van der Waals surface area (Å²) < 4.78 is 62.8. The highest BCUT2D eigenvalue weighted by Gasteiger charge is 2.38. The Bertz CT molecular complexity index is 1190. The summed E-state index contributed by atoms with van der Waals surface area (Å²) in [6, 6.07) is 11.3. The lowest BCUT2D eigenvalue weighted by molar-refractivity contribution is 0.328. The SMILES string of the molecule is CCS(=O)(=O)N1N=C(c2ccc(NS(C)(=O)=O)cc2)C[C@H]1c1cccc(OC)c1OC.